The molecular formula is C27H40N2O6. The highest BCUT2D eigenvalue weighted by molar-refractivity contribution is 5.93. The molecule has 0 radical (unpaired) electrons. The van der Waals surface area contributed by atoms with E-state index >= 15 is 0 Å². The number of hydrogen-bond acceptors (Lipinski definition) is 7. The number of carbonyl (C=O) groups excluding carboxylic acids is 1. The fraction of sp³-hybridized carbons (Fsp3) is 0.630. The number of amides is 1. The van der Waals surface area contributed by atoms with Gasteiger partial charge in [-0.3, -0.25) is 9.78 Å². The summed E-state index contributed by atoms with van der Waals surface area (Å²) in [5.74, 6) is 1.89. The van der Waals surface area contributed by atoms with Gasteiger partial charge in [-0.2, -0.15) is 0 Å². The molecule has 1 aliphatic heterocycles. The lowest BCUT2D eigenvalue weighted by Crippen LogP contribution is -2.77. The van der Waals surface area contributed by atoms with Crippen molar-refractivity contribution in [2.45, 2.75) is 57.1 Å². The summed E-state index contributed by atoms with van der Waals surface area (Å²) in [6.07, 6.45) is 13.4. The summed E-state index contributed by atoms with van der Waals surface area (Å²) in [6.45, 7) is 7.01. The van der Waals surface area contributed by atoms with Gasteiger partial charge in [0.15, 0.2) is 5.60 Å². The number of ether oxygens (including phenoxy) is 5. The minimum atomic E-state index is -1.15. The fourth-order valence-corrected chi connectivity index (χ4v) is 4.76. The third kappa shape index (κ3) is 7.13. The second kappa shape index (κ2) is 13.7. The molecule has 8 heteroatoms. The molecule has 35 heavy (non-hydrogen) atoms. The summed E-state index contributed by atoms with van der Waals surface area (Å²) in [6, 6.07) is 3.33. The number of likely N-dealkylation sites (tertiary alicyclic amines) is 1. The van der Waals surface area contributed by atoms with Crippen molar-refractivity contribution in [3.63, 3.8) is 0 Å². The zero-order valence-electron chi connectivity index (χ0n) is 21.3. The molecule has 1 aromatic heterocycles. The van der Waals surface area contributed by atoms with Crippen LogP contribution in [0, 0.1) is 11.8 Å². The van der Waals surface area contributed by atoms with Crippen LogP contribution in [0.4, 0.5) is 0 Å². The number of β-lactam (4-membered cyclic amide) rings is 1. The van der Waals surface area contributed by atoms with Gasteiger partial charge in [0.25, 0.3) is 5.91 Å². The Bertz CT molecular complexity index is 839. The molecule has 2 aliphatic rings. The lowest BCUT2D eigenvalue weighted by molar-refractivity contribution is -0.239. The van der Waals surface area contributed by atoms with E-state index < -0.39 is 5.60 Å². The van der Waals surface area contributed by atoms with Gasteiger partial charge in [-0.1, -0.05) is 25.8 Å². The number of allylic oxidation sites excluding steroid dienone is 1. The standard InChI is InChI=1S/C27H40N2O6/c1-5-6-14-33-18-25-27(35-20-32-4,26(30)29(25)19-31-3)17-23-16-24(11-13-28-23)34-15-12-22-9-7-21(2)8-10-22/h5,11-13,15-16,21-22,25H,1,6-10,14,17-20H2,2-4H3/b15-12+/t21?,22?,25-,27+/m0/s1. The van der Waals surface area contributed by atoms with Crippen molar-refractivity contribution in [1.82, 2.24) is 9.88 Å². The van der Waals surface area contributed by atoms with Gasteiger partial charge >= 0.3 is 0 Å². The molecule has 2 fully saturated rings. The van der Waals surface area contributed by atoms with E-state index in [-0.39, 0.29) is 31.9 Å². The van der Waals surface area contributed by atoms with Crippen LogP contribution in [-0.2, 0) is 30.2 Å². The topological polar surface area (TPSA) is 79.4 Å². The van der Waals surface area contributed by atoms with Crippen LogP contribution in [0.1, 0.15) is 44.7 Å². The van der Waals surface area contributed by atoms with E-state index in [1.165, 1.54) is 32.8 Å². The van der Waals surface area contributed by atoms with Crippen LogP contribution in [0.5, 0.6) is 5.75 Å². The Morgan fingerprint density at radius 1 is 1.23 bits per heavy atom. The average molecular weight is 489 g/mol. The van der Waals surface area contributed by atoms with Crippen LogP contribution in [0.15, 0.2) is 43.3 Å². The summed E-state index contributed by atoms with van der Waals surface area (Å²) in [4.78, 5) is 19.4. The molecule has 0 bridgehead atoms. The largest absolute Gasteiger partial charge is 0.465 e. The summed E-state index contributed by atoms with van der Waals surface area (Å²) in [7, 11) is 3.09. The third-order valence-electron chi connectivity index (χ3n) is 6.83. The number of aromatic nitrogens is 1. The Kier molecular flexibility index (Phi) is 10.7. The molecule has 1 aromatic rings. The highest BCUT2D eigenvalue weighted by Crippen LogP contribution is 2.38. The first-order chi connectivity index (χ1) is 17.0. The normalized spacial score (nSPS) is 26.7. The molecule has 1 aliphatic carbocycles. The van der Waals surface area contributed by atoms with Gasteiger partial charge in [0.2, 0.25) is 0 Å². The lowest BCUT2D eigenvalue weighted by Gasteiger charge is -2.54. The maximum absolute atomic E-state index is 13.3. The van der Waals surface area contributed by atoms with E-state index in [1.54, 1.807) is 30.5 Å². The molecule has 8 nitrogen and oxygen atoms in total. The van der Waals surface area contributed by atoms with Gasteiger partial charge < -0.3 is 28.6 Å². The zero-order chi connectivity index (χ0) is 25.1. The number of pyridine rings is 1. The van der Waals surface area contributed by atoms with Crippen molar-refractivity contribution in [2.75, 3.05) is 41.0 Å². The van der Waals surface area contributed by atoms with Crippen LogP contribution in [0.25, 0.3) is 0 Å². The van der Waals surface area contributed by atoms with E-state index in [2.05, 4.69) is 24.6 Å². The Balaban J connectivity index is 1.70. The molecule has 0 N–H and O–H groups in total. The fourth-order valence-electron chi connectivity index (χ4n) is 4.76. The van der Waals surface area contributed by atoms with E-state index in [9.17, 15) is 4.79 Å². The van der Waals surface area contributed by atoms with Gasteiger partial charge in [0, 0.05) is 38.6 Å². The highest BCUT2D eigenvalue weighted by Gasteiger charge is 2.62. The zero-order valence-corrected chi connectivity index (χ0v) is 21.3. The van der Waals surface area contributed by atoms with Crippen LogP contribution in [-0.4, -0.2) is 68.4 Å². The summed E-state index contributed by atoms with van der Waals surface area (Å²) in [5.41, 5.74) is -0.455. The number of carbonyl (C=O) groups is 1. The number of rotatable bonds is 15. The number of methoxy groups -OCH3 is 2. The van der Waals surface area contributed by atoms with Crippen molar-refractivity contribution in [2.24, 2.45) is 11.8 Å². The maximum Gasteiger partial charge on any atom is 0.259 e. The Labute approximate surface area is 209 Å². The average Bonchev–Trinajstić information content (AvgIpc) is 2.87. The highest BCUT2D eigenvalue weighted by atomic mass is 16.7. The molecule has 2 heterocycles. The van der Waals surface area contributed by atoms with Crippen LogP contribution in [0.3, 0.4) is 0 Å². The maximum atomic E-state index is 13.3. The first-order valence-corrected chi connectivity index (χ1v) is 12.4. The first kappa shape index (κ1) is 27.3. The van der Waals surface area contributed by atoms with Crippen molar-refractivity contribution in [3.8, 4) is 5.75 Å². The summed E-state index contributed by atoms with van der Waals surface area (Å²) >= 11 is 0. The monoisotopic (exact) mass is 488 g/mol. The molecule has 3 rings (SSSR count). The molecular weight excluding hydrogens is 448 g/mol. The molecule has 0 spiro atoms. The second-order valence-corrected chi connectivity index (χ2v) is 9.43. The van der Waals surface area contributed by atoms with E-state index in [0.717, 1.165) is 12.3 Å². The smallest absolute Gasteiger partial charge is 0.259 e. The predicted molar refractivity (Wildman–Crippen MR) is 133 cm³/mol. The molecule has 0 aromatic carbocycles. The minimum Gasteiger partial charge on any atom is -0.465 e. The first-order valence-electron chi connectivity index (χ1n) is 12.4. The minimum absolute atomic E-state index is 0.0192. The van der Waals surface area contributed by atoms with E-state index in [0.29, 0.717) is 30.6 Å². The third-order valence-corrected chi connectivity index (χ3v) is 6.83. The van der Waals surface area contributed by atoms with Gasteiger partial charge in [-0.25, -0.2) is 0 Å². The van der Waals surface area contributed by atoms with Crippen LogP contribution >= 0.6 is 0 Å². The summed E-state index contributed by atoms with van der Waals surface area (Å²) < 4.78 is 28.1. The van der Waals surface area contributed by atoms with Crippen molar-refractivity contribution < 1.29 is 28.5 Å². The lowest BCUT2D eigenvalue weighted by atomic mass is 9.78. The van der Waals surface area contributed by atoms with Crippen molar-refractivity contribution >= 4 is 5.91 Å². The van der Waals surface area contributed by atoms with Crippen molar-refractivity contribution in [3.05, 3.63) is 49.0 Å². The summed E-state index contributed by atoms with van der Waals surface area (Å²) in [5, 5.41) is 0. The number of nitrogens with zero attached hydrogens (tertiary/aromatic N) is 2. The Morgan fingerprint density at radius 2 is 2.03 bits per heavy atom. The molecule has 194 valence electrons. The van der Waals surface area contributed by atoms with Gasteiger partial charge in [-0.05, 0) is 43.2 Å². The Hall–Kier alpha value is -2.26. The SMILES string of the molecule is C=CCCOC[C@@H]1N(COC)C(=O)[C@]1(Cc1cc(O/C=C/C2CCC(C)CC2)ccn1)OCOC. The molecule has 1 saturated heterocycles. The quantitative estimate of drug-likeness (QED) is 0.121. The van der Waals surface area contributed by atoms with Crippen LogP contribution < -0.4 is 4.74 Å². The molecule has 0 unspecified atom stereocenters. The number of hydrogen-bond donors (Lipinski definition) is 0. The van der Waals surface area contributed by atoms with Gasteiger partial charge in [-0.15, -0.1) is 6.58 Å². The van der Waals surface area contributed by atoms with Crippen LogP contribution in [0.2, 0.25) is 0 Å². The van der Waals surface area contributed by atoms with Gasteiger partial charge in [0.05, 0.1) is 25.5 Å². The molecule has 1 amide bonds. The second-order valence-electron chi connectivity index (χ2n) is 9.43. The van der Waals surface area contributed by atoms with E-state index in [1.807, 2.05) is 12.1 Å². The van der Waals surface area contributed by atoms with Crippen molar-refractivity contribution in [1.29, 1.82) is 0 Å². The molecule has 2 atom stereocenters. The van der Waals surface area contributed by atoms with Gasteiger partial charge in [0.1, 0.15) is 19.3 Å². The Morgan fingerprint density at radius 3 is 2.74 bits per heavy atom. The molecule has 1 saturated carbocycles. The predicted octanol–water partition coefficient (Wildman–Crippen LogP) is 4.11. The van der Waals surface area contributed by atoms with E-state index in [4.69, 9.17) is 23.7 Å².